The molecule has 5 rings (SSSR count). The van der Waals surface area contributed by atoms with Gasteiger partial charge in [0.05, 0.1) is 23.8 Å². The molecule has 0 spiro atoms. The van der Waals surface area contributed by atoms with E-state index in [-0.39, 0.29) is 18.3 Å². The second kappa shape index (κ2) is 9.45. The summed E-state index contributed by atoms with van der Waals surface area (Å²) in [4.78, 5) is 5.07. The van der Waals surface area contributed by atoms with Gasteiger partial charge in [0.2, 0.25) is 0 Å². The molecular formula is C28H35BN2O4. The van der Waals surface area contributed by atoms with Crippen LogP contribution in [0, 0.1) is 0 Å². The van der Waals surface area contributed by atoms with Crippen molar-refractivity contribution in [1.29, 1.82) is 0 Å². The van der Waals surface area contributed by atoms with Crippen LogP contribution in [0.1, 0.15) is 57.6 Å². The van der Waals surface area contributed by atoms with E-state index < -0.39 is 0 Å². The Bertz CT molecular complexity index is 1170. The van der Waals surface area contributed by atoms with Gasteiger partial charge in [-0.05, 0) is 87.3 Å². The molecule has 7 heteroatoms. The van der Waals surface area contributed by atoms with Gasteiger partial charge in [-0.15, -0.1) is 0 Å². The number of hydrogen-bond acceptors (Lipinski definition) is 6. The van der Waals surface area contributed by atoms with Gasteiger partial charge in [0.1, 0.15) is 11.6 Å². The maximum absolute atomic E-state index is 6.29. The molecule has 0 radical (unpaired) electrons. The van der Waals surface area contributed by atoms with Gasteiger partial charge in [-0.1, -0.05) is 24.3 Å². The smallest absolute Gasteiger partial charge is 0.494 e. The van der Waals surface area contributed by atoms with Crippen LogP contribution in [0.3, 0.4) is 0 Å². The summed E-state index contributed by atoms with van der Waals surface area (Å²) in [6.07, 6.45) is 2.00. The Balaban J connectivity index is 1.46. The van der Waals surface area contributed by atoms with Gasteiger partial charge in [-0.25, -0.2) is 4.98 Å². The minimum atomic E-state index is -0.385. The topological polar surface area (TPSA) is 61.8 Å². The van der Waals surface area contributed by atoms with E-state index in [1.807, 2.05) is 12.1 Å². The number of ether oxygens (including phenoxy) is 2. The lowest BCUT2D eigenvalue weighted by molar-refractivity contribution is 0.00578. The average Bonchev–Trinajstić information content (AvgIpc) is 3.09. The van der Waals surface area contributed by atoms with Crippen LogP contribution in [0.2, 0.25) is 0 Å². The lowest BCUT2D eigenvalue weighted by Gasteiger charge is -2.32. The van der Waals surface area contributed by atoms with E-state index in [4.69, 9.17) is 23.8 Å². The number of anilines is 1. The van der Waals surface area contributed by atoms with Crippen LogP contribution in [0.4, 0.5) is 5.82 Å². The molecule has 3 heterocycles. The lowest BCUT2D eigenvalue weighted by Crippen LogP contribution is -2.41. The van der Waals surface area contributed by atoms with Gasteiger partial charge in [0.25, 0.3) is 0 Å². The predicted molar refractivity (Wildman–Crippen MR) is 141 cm³/mol. The quantitative estimate of drug-likeness (QED) is 0.505. The van der Waals surface area contributed by atoms with Crippen molar-refractivity contribution in [1.82, 2.24) is 4.98 Å². The lowest BCUT2D eigenvalue weighted by atomic mass is 9.78. The van der Waals surface area contributed by atoms with Crippen LogP contribution in [0.25, 0.3) is 10.9 Å². The molecule has 35 heavy (non-hydrogen) atoms. The van der Waals surface area contributed by atoms with E-state index in [1.165, 1.54) is 11.1 Å². The first-order chi connectivity index (χ1) is 16.8. The maximum atomic E-state index is 6.29. The molecule has 1 N–H and O–H groups in total. The van der Waals surface area contributed by atoms with Crippen molar-refractivity contribution in [3.63, 3.8) is 0 Å². The number of methoxy groups -OCH3 is 1. The average molecular weight is 474 g/mol. The number of rotatable bonds is 6. The Morgan fingerprint density at radius 1 is 0.971 bits per heavy atom. The number of hydrogen-bond donors (Lipinski definition) is 1. The molecule has 0 aliphatic carbocycles. The summed E-state index contributed by atoms with van der Waals surface area (Å²) >= 11 is 0. The highest BCUT2D eigenvalue weighted by Gasteiger charge is 2.51. The normalized spacial score (nSPS) is 19.7. The van der Waals surface area contributed by atoms with Crippen molar-refractivity contribution in [2.75, 3.05) is 25.6 Å². The summed E-state index contributed by atoms with van der Waals surface area (Å²) in [5.41, 5.74) is 3.68. The number of fused-ring (bicyclic) bond motifs is 1. The maximum Gasteiger partial charge on any atom is 0.494 e. The number of aromatic nitrogens is 1. The van der Waals surface area contributed by atoms with Crippen LogP contribution < -0.4 is 15.5 Å². The minimum absolute atomic E-state index is 0.368. The van der Waals surface area contributed by atoms with Crippen molar-refractivity contribution < 1.29 is 18.8 Å². The number of benzene rings is 2. The fourth-order valence-corrected chi connectivity index (χ4v) is 4.73. The zero-order chi connectivity index (χ0) is 24.6. The summed E-state index contributed by atoms with van der Waals surface area (Å²) in [6.45, 7) is 10.6. The van der Waals surface area contributed by atoms with Gasteiger partial charge >= 0.3 is 7.12 Å². The summed E-state index contributed by atoms with van der Waals surface area (Å²) in [7, 11) is 1.30. The van der Waals surface area contributed by atoms with Gasteiger partial charge < -0.3 is 24.1 Å². The molecule has 2 fully saturated rings. The molecule has 0 unspecified atom stereocenters. The molecule has 2 aliphatic heterocycles. The molecule has 0 saturated carbocycles. The monoisotopic (exact) mass is 474 g/mol. The van der Waals surface area contributed by atoms with Crippen LogP contribution in [0.5, 0.6) is 5.75 Å². The fourth-order valence-electron chi connectivity index (χ4n) is 4.73. The van der Waals surface area contributed by atoms with Gasteiger partial charge in [-0.3, -0.25) is 0 Å². The highest BCUT2D eigenvalue weighted by atomic mass is 16.7. The molecular weight excluding hydrogens is 439 g/mol. The Hall–Kier alpha value is -2.61. The van der Waals surface area contributed by atoms with Crippen LogP contribution in [-0.4, -0.2) is 43.6 Å². The fraction of sp³-hybridized carbons (Fsp3) is 0.464. The highest BCUT2D eigenvalue weighted by Crippen LogP contribution is 2.37. The largest absolute Gasteiger partial charge is 0.497 e. The molecule has 0 atom stereocenters. The van der Waals surface area contributed by atoms with Gasteiger partial charge in [0.15, 0.2) is 0 Å². The molecule has 6 nitrogen and oxygen atoms in total. The van der Waals surface area contributed by atoms with E-state index in [2.05, 4.69) is 69.4 Å². The van der Waals surface area contributed by atoms with Crippen LogP contribution in [0.15, 0.2) is 48.5 Å². The molecule has 3 aromatic rings. The van der Waals surface area contributed by atoms with Crippen molar-refractivity contribution >= 4 is 29.3 Å². The first kappa shape index (κ1) is 24.1. The molecule has 1 aromatic heterocycles. The standard InChI is InChI=1S/C28H35BN2O4/c1-27(2)28(3,4)35-29(34-27)22-8-11-25-21(16-22)17-24(20-12-14-33-15-13-20)26(31-25)30-18-19-6-9-23(32-5)10-7-19/h6-11,16-17,20H,12-15,18H2,1-5H3,(H,30,31). The Morgan fingerprint density at radius 3 is 2.31 bits per heavy atom. The highest BCUT2D eigenvalue weighted by molar-refractivity contribution is 6.62. The third-order valence-electron chi connectivity index (χ3n) is 7.67. The third kappa shape index (κ3) is 4.90. The Kier molecular flexibility index (Phi) is 6.51. The molecule has 0 amide bonds. The van der Waals surface area contributed by atoms with Crippen molar-refractivity contribution in [2.45, 2.75) is 64.2 Å². The molecule has 0 bridgehead atoms. The predicted octanol–water partition coefficient (Wildman–Crippen LogP) is 5.05. The van der Waals surface area contributed by atoms with Crippen LogP contribution >= 0.6 is 0 Å². The third-order valence-corrected chi connectivity index (χ3v) is 7.67. The summed E-state index contributed by atoms with van der Waals surface area (Å²) < 4.78 is 23.5. The van der Waals surface area contributed by atoms with E-state index in [0.717, 1.165) is 54.0 Å². The van der Waals surface area contributed by atoms with E-state index >= 15 is 0 Å². The Labute approximate surface area is 208 Å². The van der Waals surface area contributed by atoms with E-state index in [1.54, 1.807) is 7.11 Å². The van der Waals surface area contributed by atoms with Crippen molar-refractivity contribution in [3.8, 4) is 5.75 Å². The zero-order valence-electron chi connectivity index (χ0n) is 21.4. The SMILES string of the molecule is COc1ccc(CNc2nc3ccc(B4OC(C)(C)C(C)(C)O4)cc3cc2C2CCOCC2)cc1. The first-order valence-electron chi connectivity index (χ1n) is 12.5. The summed E-state index contributed by atoms with van der Waals surface area (Å²) in [5.74, 6) is 2.22. The van der Waals surface area contributed by atoms with E-state index in [0.29, 0.717) is 12.5 Å². The van der Waals surface area contributed by atoms with Gasteiger partial charge in [0, 0.05) is 25.1 Å². The van der Waals surface area contributed by atoms with Crippen molar-refractivity contribution in [3.05, 3.63) is 59.7 Å². The van der Waals surface area contributed by atoms with Gasteiger partial charge in [-0.2, -0.15) is 0 Å². The summed E-state index contributed by atoms with van der Waals surface area (Å²) in [5, 5.41) is 4.71. The summed E-state index contributed by atoms with van der Waals surface area (Å²) in [6, 6.07) is 16.7. The zero-order valence-corrected chi connectivity index (χ0v) is 21.4. The second-order valence-corrected chi connectivity index (χ2v) is 10.6. The molecule has 2 saturated heterocycles. The van der Waals surface area contributed by atoms with Crippen molar-refractivity contribution in [2.24, 2.45) is 0 Å². The molecule has 2 aliphatic rings. The van der Waals surface area contributed by atoms with Crippen LogP contribution in [-0.2, 0) is 20.6 Å². The van der Waals surface area contributed by atoms with E-state index in [9.17, 15) is 0 Å². The Morgan fingerprint density at radius 2 is 1.66 bits per heavy atom. The number of nitrogens with zero attached hydrogens (tertiary/aromatic N) is 1. The number of pyridine rings is 1. The molecule has 2 aromatic carbocycles. The minimum Gasteiger partial charge on any atom is -0.497 e. The first-order valence-corrected chi connectivity index (χ1v) is 12.5. The second-order valence-electron chi connectivity index (χ2n) is 10.6. The number of nitrogens with one attached hydrogen (secondary N) is 1. The molecule has 184 valence electrons.